The Morgan fingerprint density at radius 2 is 2.33 bits per heavy atom. The lowest BCUT2D eigenvalue weighted by molar-refractivity contribution is -0.102. The fourth-order valence-electron chi connectivity index (χ4n) is 1.07. The van der Waals surface area contributed by atoms with Crippen molar-refractivity contribution in [2.45, 2.75) is 4.90 Å². The third-order valence-corrected chi connectivity index (χ3v) is 2.74. The van der Waals surface area contributed by atoms with E-state index in [-0.39, 0.29) is 1.43 Å². The van der Waals surface area contributed by atoms with Crippen molar-refractivity contribution in [3.63, 3.8) is 0 Å². The zero-order valence-electron chi connectivity index (χ0n) is 7.36. The van der Waals surface area contributed by atoms with Crippen LogP contribution in [-0.4, -0.2) is 17.8 Å². The largest absolute Gasteiger partial charge is 1.00 e. The molecule has 0 N–H and O–H groups in total. The minimum absolute atomic E-state index is 0. The maximum Gasteiger partial charge on any atom is 1.00 e. The number of fused-ring (bicyclic) bond motifs is 1. The third-order valence-electron chi connectivity index (χ3n) is 1.64. The number of carbonyl (C=O) groups is 1. The van der Waals surface area contributed by atoms with Gasteiger partial charge in [-0.25, -0.2) is 4.99 Å². The highest BCUT2D eigenvalue weighted by atomic mass is 32.2. The fraction of sp³-hybridized carbons (Fsp3) is 0.111. The summed E-state index contributed by atoms with van der Waals surface area (Å²) in [6.07, 6.45) is 0.822. The molecule has 1 aromatic rings. The standard InChI is InChI=1S/C9H7NOS/c11-5-7-6-12-9-4-2-1-3-8(9)10-7/h1-5H,6H2/p+1. The second-order valence-corrected chi connectivity index (χ2v) is 3.49. The summed E-state index contributed by atoms with van der Waals surface area (Å²) in [6.45, 7) is 0. The minimum atomic E-state index is 0. The lowest BCUT2D eigenvalue weighted by atomic mass is 10.3. The molecule has 1 aromatic carbocycles. The second-order valence-electron chi connectivity index (χ2n) is 2.48. The first-order valence-electron chi connectivity index (χ1n) is 3.65. The Morgan fingerprint density at radius 3 is 3.17 bits per heavy atom. The molecule has 12 heavy (non-hydrogen) atoms. The number of benzene rings is 1. The molecular weight excluding hydrogens is 170 g/mol. The predicted molar refractivity (Wildman–Crippen MR) is 51.4 cm³/mol. The van der Waals surface area contributed by atoms with Gasteiger partial charge >= 0.3 is 1.43 Å². The van der Waals surface area contributed by atoms with Gasteiger partial charge in [-0.1, -0.05) is 12.1 Å². The zero-order valence-corrected chi connectivity index (χ0v) is 7.17. The van der Waals surface area contributed by atoms with Crippen LogP contribution in [0.5, 0.6) is 0 Å². The molecule has 60 valence electrons. The second kappa shape index (κ2) is 3.11. The van der Waals surface area contributed by atoms with Gasteiger partial charge < -0.3 is 0 Å². The van der Waals surface area contributed by atoms with Gasteiger partial charge in [0.25, 0.3) is 0 Å². The van der Waals surface area contributed by atoms with Crippen molar-refractivity contribution in [3.05, 3.63) is 24.3 Å². The monoisotopic (exact) mass is 178 g/mol. The summed E-state index contributed by atoms with van der Waals surface area (Å²) in [5.74, 6) is 0.695. The van der Waals surface area contributed by atoms with E-state index in [2.05, 4.69) is 4.99 Å². The van der Waals surface area contributed by atoms with Crippen LogP contribution >= 0.6 is 11.8 Å². The first-order chi connectivity index (χ1) is 5.90. The summed E-state index contributed by atoms with van der Waals surface area (Å²) in [5, 5.41) is 0. The molecule has 0 saturated carbocycles. The van der Waals surface area contributed by atoms with E-state index in [1.165, 1.54) is 0 Å². The van der Waals surface area contributed by atoms with Gasteiger partial charge in [0.15, 0.2) is 6.29 Å². The number of rotatable bonds is 1. The van der Waals surface area contributed by atoms with E-state index in [1.54, 1.807) is 11.8 Å². The topological polar surface area (TPSA) is 29.4 Å². The molecule has 1 heterocycles. The zero-order chi connectivity index (χ0) is 8.39. The Morgan fingerprint density at radius 1 is 1.50 bits per heavy atom. The molecule has 2 rings (SSSR count). The summed E-state index contributed by atoms with van der Waals surface area (Å²) in [5.41, 5.74) is 1.54. The van der Waals surface area contributed by atoms with E-state index in [1.807, 2.05) is 24.3 Å². The highest BCUT2D eigenvalue weighted by molar-refractivity contribution is 8.00. The minimum Gasteiger partial charge on any atom is -0.296 e. The molecule has 0 atom stereocenters. The molecule has 1 aliphatic heterocycles. The van der Waals surface area contributed by atoms with Gasteiger partial charge in [0, 0.05) is 10.6 Å². The van der Waals surface area contributed by atoms with Crippen LogP contribution < -0.4 is 0 Å². The molecule has 3 heteroatoms. The van der Waals surface area contributed by atoms with E-state index >= 15 is 0 Å². The number of nitrogens with zero attached hydrogens (tertiary/aromatic N) is 1. The van der Waals surface area contributed by atoms with Crippen LogP contribution in [0.1, 0.15) is 1.43 Å². The van der Waals surface area contributed by atoms with Crippen molar-refractivity contribution in [1.82, 2.24) is 0 Å². The average Bonchev–Trinajstić information content (AvgIpc) is 2.17. The number of aldehydes is 1. The van der Waals surface area contributed by atoms with Gasteiger partial charge in [-0.05, 0) is 12.1 Å². The molecule has 0 amide bonds. The van der Waals surface area contributed by atoms with Crippen molar-refractivity contribution in [2.24, 2.45) is 4.99 Å². The Labute approximate surface area is 76.2 Å². The van der Waals surface area contributed by atoms with Crippen LogP contribution in [0, 0.1) is 0 Å². The van der Waals surface area contributed by atoms with Gasteiger partial charge in [-0.3, -0.25) is 4.79 Å². The Kier molecular flexibility index (Phi) is 1.96. The van der Waals surface area contributed by atoms with Gasteiger partial charge in [0.2, 0.25) is 0 Å². The van der Waals surface area contributed by atoms with Crippen molar-refractivity contribution < 1.29 is 6.22 Å². The number of thioether (sulfide) groups is 1. The molecule has 0 fully saturated rings. The molecule has 2 nitrogen and oxygen atoms in total. The molecule has 0 radical (unpaired) electrons. The SMILES string of the molecule is O=CC1=Nc2ccccc2SC1.[H+]. The molecule has 1 aliphatic rings. The van der Waals surface area contributed by atoms with E-state index in [0.29, 0.717) is 11.5 Å². The Hall–Kier alpha value is -1.09. The summed E-state index contributed by atoms with van der Waals surface area (Å²) < 4.78 is 0. The summed E-state index contributed by atoms with van der Waals surface area (Å²) >= 11 is 1.66. The third kappa shape index (κ3) is 1.28. The summed E-state index contributed by atoms with van der Waals surface area (Å²) in [7, 11) is 0. The van der Waals surface area contributed by atoms with E-state index in [4.69, 9.17) is 0 Å². The fourth-order valence-corrected chi connectivity index (χ4v) is 1.94. The van der Waals surface area contributed by atoms with E-state index in [0.717, 1.165) is 16.9 Å². The van der Waals surface area contributed by atoms with Crippen LogP contribution in [0.4, 0.5) is 5.69 Å². The maximum absolute atomic E-state index is 10.4. The smallest absolute Gasteiger partial charge is 0.296 e. The van der Waals surface area contributed by atoms with Crippen LogP contribution in [0.2, 0.25) is 0 Å². The number of hydrogen-bond acceptors (Lipinski definition) is 3. The normalized spacial score (nSPS) is 14.8. The van der Waals surface area contributed by atoms with Gasteiger partial charge in [-0.15, -0.1) is 11.8 Å². The van der Waals surface area contributed by atoms with E-state index in [9.17, 15) is 4.79 Å². The number of aliphatic imine (C=N–C) groups is 1. The number of hydrogen-bond donors (Lipinski definition) is 0. The molecule has 0 aliphatic carbocycles. The molecule has 0 bridgehead atoms. The highest BCUT2D eigenvalue weighted by Gasteiger charge is 2.10. The number of carbonyl (C=O) groups excluding carboxylic acids is 1. The highest BCUT2D eigenvalue weighted by Crippen LogP contribution is 2.32. The molecule has 0 spiro atoms. The molecular formula is C9H8NOS+. The van der Waals surface area contributed by atoms with Crippen molar-refractivity contribution in [2.75, 3.05) is 5.75 Å². The molecule has 0 saturated heterocycles. The first-order valence-corrected chi connectivity index (χ1v) is 4.63. The predicted octanol–water partition coefficient (Wildman–Crippen LogP) is 2.18. The lowest BCUT2D eigenvalue weighted by Crippen LogP contribution is -2.05. The van der Waals surface area contributed by atoms with Crippen LogP contribution in [0.15, 0.2) is 34.2 Å². The average molecular weight is 178 g/mol. The quantitative estimate of drug-likeness (QED) is 0.617. The van der Waals surface area contributed by atoms with Gasteiger partial charge in [-0.2, -0.15) is 0 Å². The molecule has 0 aromatic heterocycles. The Balaban J connectivity index is 0.000000845. The van der Waals surface area contributed by atoms with Crippen LogP contribution in [0.3, 0.4) is 0 Å². The summed E-state index contributed by atoms with van der Waals surface area (Å²) in [6, 6.07) is 7.85. The number of para-hydroxylation sites is 1. The van der Waals surface area contributed by atoms with Crippen molar-refractivity contribution in [1.29, 1.82) is 0 Å². The lowest BCUT2D eigenvalue weighted by Gasteiger charge is -2.10. The van der Waals surface area contributed by atoms with Gasteiger partial charge in [0.1, 0.15) is 0 Å². The van der Waals surface area contributed by atoms with Crippen molar-refractivity contribution in [3.8, 4) is 0 Å². The summed E-state index contributed by atoms with van der Waals surface area (Å²) in [4.78, 5) is 15.8. The first kappa shape index (κ1) is 7.55. The van der Waals surface area contributed by atoms with E-state index < -0.39 is 0 Å². The van der Waals surface area contributed by atoms with Gasteiger partial charge in [0.05, 0.1) is 11.4 Å². The molecule has 0 unspecified atom stereocenters. The van der Waals surface area contributed by atoms with Crippen LogP contribution in [0.25, 0.3) is 0 Å². The Bertz CT molecular complexity index is 351. The van der Waals surface area contributed by atoms with Crippen LogP contribution in [-0.2, 0) is 4.79 Å². The maximum atomic E-state index is 10.4. The van der Waals surface area contributed by atoms with Crippen molar-refractivity contribution >= 4 is 29.4 Å².